The molecule has 0 atom stereocenters. The second-order valence-electron chi connectivity index (χ2n) is 9.71. The Morgan fingerprint density at radius 3 is 1.20 bits per heavy atom. The molecular formula is C35H41N5O5. The largest absolute Gasteiger partial charge is 0.477 e. The van der Waals surface area contributed by atoms with E-state index in [4.69, 9.17) is 15.6 Å². The summed E-state index contributed by atoms with van der Waals surface area (Å²) in [6.07, 6.45) is 3.70. The van der Waals surface area contributed by atoms with E-state index >= 15 is 0 Å². The zero-order valence-electron chi connectivity index (χ0n) is 26.0. The molecule has 0 aliphatic heterocycles. The van der Waals surface area contributed by atoms with Gasteiger partial charge in [-0.05, 0) is 71.8 Å². The normalized spacial score (nSPS) is 10.1. The molecular weight excluding hydrogens is 570 g/mol. The van der Waals surface area contributed by atoms with Gasteiger partial charge in [-0.3, -0.25) is 4.79 Å². The van der Waals surface area contributed by atoms with E-state index in [1.54, 1.807) is 18.2 Å². The van der Waals surface area contributed by atoms with Gasteiger partial charge in [-0.25, -0.2) is 9.59 Å². The van der Waals surface area contributed by atoms with E-state index in [1.165, 1.54) is 19.3 Å². The van der Waals surface area contributed by atoms with E-state index in [9.17, 15) is 14.4 Å². The number of aldehydes is 1. The van der Waals surface area contributed by atoms with Crippen molar-refractivity contribution < 1.29 is 24.2 Å². The molecule has 0 saturated heterocycles. The number of rotatable bonds is 8. The minimum Gasteiger partial charge on any atom is -0.477 e. The van der Waals surface area contributed by atoms with Crippen LogP contribution in [0.5, 0.6) is 0 Å². The van der Waals surface area contributed by atoms with Gasteiger partial charge in [0.25, 0.3) is 0 Å². The van der Waals surface area contributed by atoms with Crippen molar-refractivity contribution in [3.05, 3.63) is 101 Å². The van der Waals surface area contributed by atoms with Crippen molar-refractivity contribution in [2.24, 2.45) is 0 Å². The predicted octanol–water partition coefficient (Wildman–Crippen LogP) is 5.78. The fourth-order valence-corrected chi connectivity index (χ4v) is 3.31. The molecule has 0 saturated carbocycles. The molecule has 0 aliphatic carbocycles. The Labute approximate surface area is 266 Å². The molecule has 0 aromatic heterocycles. The number of nitrogens with zero attached hydrogens (tertiary/aromatic N) is 5. The highest BCUT2D eigenvalue weighted by Crippen LogP contribution is 2.16. The maximum absolute atomic E-state index is 11.2. The Morgan fingerprint density at radius 2 is 0.956 bits per heavy atom. The van der Waals surface area contributed by atoms with Crippen LogP contribution in [0.3, 0.4) is 0 Å². The van der Waals surface area contributed by atoms with Gasteiger partial charge in [-0.2, -0.15) is 10.5 Å². The van der Waals surface area contributed by atoms with Gasteiger partial charge in [-0.15, -0.1) is 0 Å². The summed E-state index contributed by atoms with van der Waals surface area (Å²) in [5.41, 5.74) is 5.11. The maximum atomic E-state index is 11.2. The van der Waals surface area contributed by atoms with Crippen molar-refractivity contribution in [2.45, 2.75) is 7.43 Å². The molecule has 236 valence electrons. The van der Waals surface area contributed by atoms with Crippen LogP contribution in [0, 0.1) is 22.7 Å². The number of nitriles is 2. The van der Waals surface area contributed by atoms with Crippen LogP contribution in [0.2, 0.25) is 0 Å². The fourth-order valence-electron chi connectivity index (χ4n) is 3.31. The summed E-state index contributed by atoms with van der Waals surface area (Å²) in [5.74, 6) is -1.83. The number of hydrogen-bond acceptors (Lipinski definition) is 9. The number of benzene rings is 3. The number of aliphatic carboxylic acids is 1. The monoisotopic (exact) mass is 611 g/mol. The van der Waals surface area contributed by atoms with Crippen molar-refractivity contribution in [2.75, 3.05) is 64.1 Å². The number of carboxylic acids is 1. The molecule has 0 bridgehead atoms. The van der Waals surface area contributed by atoms with Crippen molar-refractivity contribution >= 4 is 47.4 Å². The van der Waals surface area contributed by atoms with E-state index in [0.717, 1.165) is 34.5 Å². The fraction of sp³-hybridized carbons (Fsp3) is 0.229. The number of carbonyl (C=O) groups excluding carboxylic acids is 2. The number of ether oxygens (including phenoxy) is 1. The first kappa shape index (κ1) is 39.1. The van der Waals surface area contributed by atoms with Gasteiger partial charge in [0.1, 0.15) is 29.6 Å². The van der Waals surface area contributed by atoms with Crippen LogP contribution in [0.1, 0.15) is 28.9 Å². The average Bonchev–Trinajstić information content (AvgIpc) is 3.03. The van der Waals surface area contributed by atoms with E-state index in [-0.39, 0.29) is 18.6 Å². The Hall–Kier alpha value is -5.87. The van der Waals surface area contributed by atoms with Gasteiger partial charge in [0.05, 0.1) is 7.11 Å². The third-order valence-corrected chi connectivity index (χ3v) is 5.86. The number of methoxy groups -OCH3 is 1. The first-order valence-corrected chi connectivity index (χ1v) is 13.2. The number of carbonyl (C=O) groups is 3. The van der Waals surface area contributed by atoms with Crippen LogP contribution < -0.4 is 14.7 Å². The van der Waals surface area contributed by atoms with Gasteiger partial charge in [0.15, 0.2) is 0 Å². The lowest BCUT2D eigenvalue weighted by Crippen LogP contribution is -2.08. The number of carboxylic acid groups (broad SMARTS) is 1. The van der Waals surface area contributed by atoms with Crippen molar-refractivity contribution in [1.82, 2.24) is 0 Å². The highest BCUT2D eigenvalue weighted by atomic mass is 16.5. The lowest BCUT2D eigenvalue weighted by atomic mass is 10.1. The molecule has 0 aliphatic rings. The van der Waals surface area contributed by atoms with Gasteiger partial charge >= 0.3 is 11.9 Å². The molecule has 10 heteroatoms. The standard InChI is InChI=1S/C13H14N2O2.C12H12N2O2.C9H11NO.CH4/c1-15(2)12-6-4-10(5-7-12)8-11(9-14)13(16)17-3;1-14(2)11-5-3-9(4-6-11)7-10(8-13)12(15)16;1-10(2)9-5-3-8(7-11)4-6-9;/h4-8H,1-3H3;3-7H,1-2H3,(H,15,16);3-7H,1-2H3;1H4/b11-8-;10-7-;;. The molecule has 0 amide bonds. The van der Waals surface area contributed by atoms with Crippen LogP contribution in [0.4, 0.5) is 17.1 Å². The van der Waals surface area contributed by atoms with Crippen LogP contribution in [0.15, 0.2) is 83.9 Å². The Balaban J connectivity index is 0.000000652. The average molecular weight is 612 g/mol. The highest BCUT2D eigenvalue weighted by molar-refractivity contribution is 5.98. The van der Waals surface area contributed by atoms with Crippen molar-refractivity contribution in [1.29, 1.82) is 10.5 Å². The molecule has 10 nitrogen and oxygen atoms in total. The molecule has 1 N–H and O–H groups in total. The first-order valence-electron chi connectivity index (χ1n) is 13.2. The highest BCUT2D eigenvalue weighted by Gasteiger charge is 2.08. The van der Waals surface area contributed by atoms with Crippen LogP contribution in [-0.2, 0) is 14.3 Å². The summed E-state index contributed by atoms with van der Waals surface area (Å²) in [5, 5.41) is 26.1. The molecule has 3 rings (SSSR count). The molecule has 0 fully saturated rings. The molecule has 45 heavy (non-hydrogen) atoms. The summed E-state index contributed by atoms with van der Waals surface area (Å²) in [4.78, 5) is 38.0. The third-order valence-electron chi connectivity index (χ3n) is 5.86. The molecule has 3 aromatic carbocycles. The maximum Gasteiger partial charge on any atom is 0.348 e. The van der Waals surface area contributed by atoms with Crippen molar-refractivity contribution in [3.63, 3.8) is 0 Å². The topological polar surface area (TPSA) is 138 Å². The number of esters is 1. The zero-order chi connectivity index (χ0) is 33.2. The molecule has 0 spiro atoms. The second kappa shape index (κ2) is 20.1. The molecule has 3 aromatic rings. The summed E-state index contributed by atoms with van der Waals surface area (Å²) in [6.45, 7) is 0. The first-order chi connectivity index (χ1) is 20.9. The SMILES string of the molecule is C.CN(C)c1ccc(/C=C(/C#N)C(=O)O)cc1.CN(C)c1ccc(C=O)cc1.COC(=O)/C(C#N)=C\c1ccc(N(C)C)cc1. The van der Waals surface area contributed by atoms with Crippen LogP contribution in [-0.4, -0.2) is 72.7 Å². The molecule has 0 heterocycles. The lowest BCUT2D eigenvalue weighted by Gasteiger charge is -2.11. The number of anilines is 3. The Morgan fingerprint density at radius 1 is 0.644 bits per heavy atom. The van der Waals surface area contributed by atoms with Crippen molar-refractivity contribution in [3.8, 4) is 12.1 Å². The smallest absolute Gasteiger partial charge is 0.348 e. The molecule has 0 unspecified atom stereocenters. The van der Waals surface area contributed by atoms with Gasteiger partial charge in [0, 0.05) is 64.9 Å². The number of hydrogen-bond donors (Lipinski definition) is 1. The summed E-state index contributed by atoms with van der Waals surface area (Å²) < 4.78 is 4.50. The van der Waals surface area contributed by atoms with E-state index in [0.29, 0.717) is 5.56 Å². The summed E-state index contributed by atoms with van der Waals surface area (Å²) in [6, 6.07) is 25.7. The van der Waals surface area contributed by atoms with Crippen LogP contribution >= 0.6 is 0 Å². The summed E-state index contributed by atoms with van der Waals surface area (Å²) in [7, 11) is 12.9. The van der Waals surface area contributed by atoms with Gasteiger partial charge in [-0.1, -0.05) is 31.7 Å². The van der Waals surface area contributed by atoms with E-state index in [1.807, 2.05) is 124 Å². The molecule has 0 radical (unpaired) electrons. The Bertz CT molecular complexity index is 1530. The Kier molecular flexibility index (Phi) is 17.5. The van der Waals surface area contributed by atoms with Crippen LogP contribution in [0.25, 0.3) is 12.2 Å². The third kappa shape index (κ3) is 13.8. The van der Waals surface area contributed by atoms with E-state index < -0.39 is 11.9 Å². The quantitative estimate of drug-likeness (QED) is 0.144. The van der Waals surface area contributed by atoms with Gasteiger partial charge < -0.3 is 24.5 Å². The minimum absolute atomic E-state index is 0. The minimum atomic E-state index is -1.21. The van der Waals surface area contributed by atoms with E-state index in [2.05, 4.69) is 4.74 Å². The predicted molar refractivity (Wildman–Crippen MR) is 181 cm³/mol. The van der Waals surface area contributed by atoms with Gasteiger partial charge in [0.2, 0.25) is 0 Å². The lowest BCUT2D eigenvalue weighted by molar-refractivity contribution is -0.135. The second-order valence-corrected chi connectivity index (χ2v) is 9.71. The summed E-state index contributed by atoms with van der Waals surface area (Å²) >= 11 is 0. The zero-order valence-corrected chi connectivity index (χ0v) is 26.0.